The third kappa shape index (κ3) is 4.68. The Balaban J connectivity index is 1.55. The van der Waals surface area contributed by atoms with Gasteiger partial charge in [-0.05, 0) is 37.8 Å². The number of carbonyl (C=O) groups is 2. The van der Waals surface area contributed by atoms with Crippen LogP contribution < -0.4 is 5.32 Å². The number of hydrogen-bond acceptors (Lipinski definition) is 6. The standard InChI is InChI=1S/C23H28N4O5/c1-30-9-10-32-17-5-3-15(4-6-17)26-22(28)19-12-16(27-8-7-24-14-27)11-18-20(23(29)31-2)13-25-21(18)19/h7-8,11-15,17,25H,3-6,9-10H2,1-2H3,(H,26,28)/t15-,17-. The topological polar surface area (TPSA) is 107 Å². The van der Waals surface area contributed by atoms with Gasteiger partial charge in [0.15, 0.2) is 0 Å². The first-order valence-corrected chi connectivity index (χ1v) is 10.7. The Labute approximate surface area is 186 Å². The van der Waals surface area contributed by atoms with Gasteiger partial charge in [-0.1, -0.05) is 0 Å². The Morgan fingerprint density at radius 3 is 2.66 bits per heavy atom. The second-order valence-electron chi connectivity index (χ2n) is 7.89. The van der Waals surface area contributed by atoms with Gasteiger partial charge in [0.25, 0.3) is 5.91 Å². The lowest BCUT2D eigenvalue weighted by molar-refractivity contribution is -0.00408. The van der Waals surface area contributed by atoms with Gasteiger partial charge in [-0.25, -0.2) is 9.78 Å². The van der Waals surface area contributed by atoms with Crippen molar-refractivity contribution < 1.29 is 23.8 Å². The van der Waals surface area contributed by atoms with Crippen LogP contribution in [-0.4, -0.2) is 66.0 Å². The number of nitrogens with zero attached hydrogens (tertiary/aromatic N) is 2. The van der Waals surface area contributed by atoms with Crippen LogP contribution in [0.15, 0.2) is 37.1 Å². The van der Waals surface area contributed by atoms with Gasteiger partial charge in [0, 0.05) is 42.8 Å². The third-order valence-corrected chi connectivity index (χ3v) is 5.88. The molecule has 170 valence electrons. The predicted molar refractivity (Wildman–Crippen MR) is 118 cm³/mol. The van der Waals surface area contributed by atoms with Crippen LogP contribution in [0.3, 0.4) is 0 Å². The van der Waals surface area contributed by atoms with Crippen molar-refractivity contribution in [3.05, 3.63) is 48.2 Å². The number of ether oxygens (including phenoxy) is 3. The van der Waals surface area contributed by atoms with Gasteiger partial charge in [-0.2, -0.15) is 0 Å². The van der Waals surface area contributed by atoms with E-state index in [1.165, 1.54) is 7.11 Å². The van der Waals surface area contributed by atoms with Crippen LogP contribution in [0, 0.1) is 0 Å². The molecular weight excluding hydrogens is 412 g/mol. The van der Waals surface area contributed by atoms with Gasteiger partial charge in [0.1, 0.15) is 0 Å². The molecule has 0 unspecified atom stereocenters. The SMILES string of the molecule is COCCO[C@H]1CC[C@H](NC(=O)c2cc(-n3ccnc3)cc3c(C(=O)OC)c[nH]c23)CC1. The molecule has 1 saturated carbocycles. The molecule has 32 heavy (non-hydrogen) atoms. The van der Waals surface area contributed by atoms with Crippen molar-refractivity contribution in [1.29, 1.82) is 0 Å². The number of nitrogens with one attached hydrogen (secondary N) is 2. The first-order chi connectivity index (χ1) is 15.6. The summed E-state index contributed by atoms with van der Waals surface area (Å²) in [5.41, 5.74) is 2.19. The number of aromatic nitrogens is 3. The Morgan fingerprint density at radius 1 is 1.16 bits per heavy atom. The molecule has 1 amide bonds. The van der Waals surface area contributed by atoms with E-state index in [-0.39, 0.29) is 18.1 Å². The van der Waals surface area contributed by atoms with Gasteiger partial charge in [0.05, 0.1) is 49.4 Å². The Bertz CT molecular complexity index is 1070. The maximum absolute atomic E-state index is 13.3. The summed E-state index contributed by atoms with van der Waals surface area (Å²) >= 11 is 0. The van der Waals surface area contributed by atoms with Crippen LogP contribution in [0.4, 0.5) is 0 Å². The number of fused-ring (bicyclic) bond motifs is 1. The van der Waals surface area contributed by atoms with Gasteiger partial charge >= 0.3 is 5.97 Å². The van der Waals surface area contributed by atoms with E-state index in [0.29, 0.717) is 35.2 Å². The fraction of sp³-hybridized carbons (Fsp3) is 0.435. The van der Waals surface area contributed by atoms with Gasteiger partial charge < -0.3 is 29.1 Å². The summed E-state index contributed by atoms with van der Waals surface area (Å²) in [4.78, 5) is 32.7. The molecule has 0 bridgehead atoms. The molecule has 1 aromatic carbocycles. The lowest BCUT2D eigenvalue weighted by atomic mass is 9.92. The number of amides is 1. The summed E-state index contributed by atoms with van der Waals surface area (Å²) in [6.45, 7) is 1.18. The molecule has 0 atom stereocenters. The zero-order valence-corrected chi connectivity index (χ0v) is 18.3. The van der Waals surface area contributed by atoms with E-state index in [2.05, 4.69) is 15.3 Å². The van der Waals surface area contributed by atoms with Crippen molar-refractivity contribution in [3.8, 4) is 5.69 Å². The van der Waals surface area contributed by atoms with E-state index in [1.54, 1.807) is 42.7 Å². The van der Waals surface area contributed by atoms with Crippen molar-refractivity contribution in [3.63, 3.8) is 0 Å². The Hall–Kier alpha value is -3.17. The van der Waals surface area contributed by atoms with E-state index in [9.17, 15) is 9.59 Å². The predicted octanol–water partition coefficient (Wildman–Crippen LogP) is 2.84. The Kier molecular flexibility index (Phi) is 6.87. The highest BCUT2D eigenvalue weighted by Crippen LogP contribution is 2.28. The lowest BCUT2D eigenvalue weighted by Gasteiger charge is -2.29. The molecule has 0 radical (unpaired) electrons. The lowest BCUT2D eigenvalue weighted by Crippen LogP contribution is -2.39. The molecule has 0 saturated heterocycles. The molecule has 0 aliphatic heterocycles. The minimum Gasteiger partial charge on any atom is -0.465 e. The summed E-state index contributed by atoms with van der Waals surface area (Å²) < 4.78 is 17.5. The fourth-order valence-corrected chi connectivity index (χ4v) is 4.17. The van der Waals surface area contributed by atoms with Gasteiger partial charge in [0.2, 0.25) is 0 Å². The van der Waals surface area contributed by atoms with Crippen LogP contribution in [-0.2, 0) is 14.2 Å². The number of rotatable bonds is 8. The number of carbonyl (C=O) groups excluding carboxylic acids is 2. The largest absolute Gasteiger partial charge is 0.465 e. The van der Waals surface area contributed by atoms with Crippen LogP contribution in [0.25, 0.3) is 16.6 Å². The zero-order valence-electron chi connectivity index (χ0n) is 18.3. The average Bonchev–Trinajstić information content (AvgIpc) is 3.49. The molecule has 1 fully saturated rings. The van der Waals surface area contributed by atoms with Crippen LogP contribution in [0.2, 0.25) is 0 Å². The molecule has 3 aromatic rings. The van der Waals surface area contributed by atoms with E-state index >= 15 is 0 Å². The highest BCUT2D eigenvalue weighted by Gasteiger charge is 2.25. The van der Waals surface area contributed by atoms with Crippen LogP contribution in [0.5, 0.6) is 0 Å². The van der Waals surface area contributed by atoms with Gasteiger partial charge in [-0.3, -0.25) is 4.79 Å². The van der Waals surface area contributed by atoms with E-state index < -0.39 is 5.97 Å². The first-order valence-electron chi connectivity index (χ1n) is 10.7. The number of H-pyrrole nitrogens is 1. The summed E-state index contributed by atoms with van der Waals surface area (Å²) in [6, 6.07) is 3.72. The summed E-state index contributed by atoms with van der Waals surface area (Å²) in [7, 11) is 3.00. The average molecular weight is 441 g/mol. The summed E-state index contributed by atoms with van der Waals surface area (Å²) in [5, 5.41) is 3.79. The monoisotopic (exact) mass is 440 g/mol. The highest BCUT2D eigenvalue weighted by molar-refractivity contribution is 6.12. The number of hydrogen-bond donors (Lipinski definition) is 2. The molecular formula is C23H28N4O5. The van der Waals surface area contributed by atoms with Crippen LogP contribution in [0.1, 0.15) is 46.4 Å². The van der Waals surface area contributed by atoms with Crippen molar-refractivity contribution in [2.24, 2.45) is 0 Å². The van der Waals surface area contributed by atoms with Crippen LogP contribution >= 0.6 is 0 Å². The minimum atomic E-state index is -0.461. The number of esters is 1. The molecule has 2 heterocycles. The highest BCUT2D eigenvalue weighted by atomic mass is 16.5. The van der Waals surface area contributed by atoms with Crippen molar-refractivity contribution in [2.45, 2.75) is 37.8 Å². The molecule has 4 rings (SSSR count). The quantitative estimate of drug-likeness (QED) is 0.412. The molecule has 1 aliphatic carbocycles. The minimum absolute atomic E-state index is 0.0757. The number of imidazole rings is 1. The molecule has 0 spiro atoms. The number of methoxy groups -OCH3 is 2. The zero-order chi connectivity index (χ0) is 22.5. The summed E-state index contributed by atoms with van der Waals surface area (Å²) in [6.07, 6.45) is 10.4. The second-order valence-corrected chi connectivity index (χ2v) is 7.89. The van der Waals surface area contributed by atoms with Gasteiger partial charge in [-0.15, -0.1) is 0 Å². The van der Waals surface area contributed by atoms with E-state index in [0.717, 1.165) is 31.4 Å². The van der Waals surface area contributed by atoms with Crippen molar-refractivity contribution >= 4 is 22.8 Å². The number of benzene rings is 1. The summed E-state index contributed by atoms with van der Waals surface area (Å²) in [5.74, 6) is -0.642. The smallest absolute Gasteiger partial charge is 0.340 e. The maximum Gasteiger partial charge on any atom is 0.340 e. The first kappa shape index (κ1) is 22.0. The fourth-order valence-electron chi connectivity index (χ4n) is 4.17. The molecule has 1 aliphatic rings. The van der Waals surface area contributed by atoms with Crippen molar-refractivity contribution in [2.75, 3.05) is 27.4 Å². The molecule has 9 nitrogen and oxygen atoms in total. The third-order valence-electron chi connectivity index (χ3n) is 5.88. The van der Waals surface area contributed by atoms with Crippen molar-refractivity contribution in [1.82, 2.24) is 19.9 Å². The molecule has 2 aromatic heterocycles. The van der Waals surface area contributed by atoms with E-state index in [4.69, 9.17) is 14.2 Å². The number of aromatic amines is 1. The molecule has 9 heteroatoms. The second kappa shape index (κ2) is 9.97. The molecule has 2 N–H and O–H groups in total. The Morgan fingerprint density at radius 2 is 1.97 bits per heavy atom. The maximum atomic E-state index is 13.3. The normalized spacial score (nSPS) is 18.6. The van der Waals surface area contributed by atoms with E-state index in [1.807, 2.05) is 6.07 Å².